The maximum absolute atomic E-state index is 12.9. The molecule has 0 aliphatic heterocycles. The predicted molar refractivity (Wildman–Crippen MR) is 105 cm³/mol. The molecule has 0 saturated carbocycles. The molecule has 1 aromatic carbocycles. The Labute approximate surface area is 171 Å². The molecule has 2 rings (SSSR count). The molecule has 0 unspecified atom stereocenters. The first-order valence-corrected chi connectivity index (χ1v) is 9.30. The molecule has 0 radical (unpaired) electrons. The number of ether oxygens (including phenoxy) is 3. The Hall–Kier alpha value is -3.13. The summed E-state index contributed by atoms with van der Waals surface area (Å²) in [6.45, 7) is 4.66. The molecule has 9 heteroatoms. The van der Waals surface area contributed by atoms with Gasteiger partial charge in [-0.1, -0.05) is 23.7 Å². The van der Waals surface area contributed by atoms with E-state index in [2.05, 4.69) is 0 Å². The first-order chi connectivity index (χ1) is 13.9. The van der Waals surface area contributed by atoms with Gasteiger partial charge in [0.25, 0.3) is 0 Å². The fraction of sp³-hybridized carbons (Fsp3) is 0.300. The topological polar surface area (TPSA) is 101 Å². The molecule has 0 spiro atoms. The molecular formula is C20H20ClNO7. The molecule has 0 atom stereocenters. The lowest BCUT2D eigenvalue weighted by Gasteiger charge is -2.18. The lowest BCUT2D eigenvalue weighted by Crippen LogP contribution is -2.32. The highest BCUT2D eigenvalue weighted by molar-refractivity contribution is 6.32. The van der Waals surface area contributed by atoms with E-state index in [1.54, 1.807) is 45.0 Å². The first-order valence-electron chi connectivity index (χ1n) is 8.93. The van der Waals surface area contributed by atoms with Crippen molar-refractivity contribution in [3.8, 4) is 5.69 Å². The van der Waals surface area contributed by atoms with Gasteiger partial charge < -0.3 is 18.8 Å². The fourth-order valence-corrected chi connectivity index (χ4v) is 2.83. The van der Waals surface area contributed by atoms with Gasteiger partial charge in [0.15, 0.2) is 5.69 Å². The van der Waals surface area contributed by atoms with Crippen LogP contribution in [0.4, 0.5) is 0 Å². The van der Waals surface area contributed by atoms with Crippen molar-refractivity contribution in [2.75, 3.05) is 19.8 Å². The van der Waals surface area contributed by atoms with Gasteiger partial charge in [-0.15, -0.1) is 0 Å². The summed E-state index contributed by atoms with van der Waals surface area (Å²) in [7, 11) is 0. The highest BCUT2D eigenvalue weighted by atomic mass is 35.5. The van der Waals surface area contributed by atoms with Crippen molar-refractivity contribution in [1.29, 1.82) is 0 Å². The van der Waals surface area contributed by atoms with Gasteiger partial charge in [-0.2, -0.15) is 0 Å². The number of nitrogens with zero attached hydrogens (tertiary/aromatic N) is 1. The highest BCUT2D eigenvalue weighted by Crippen LogP contribution is 2.24. The van der Waals surface area contributed by atoms with E-state index < -0.39 is 40.2 Å². The average Bonchev–Trinajstić information content (AvgIpc) is 2.68. The fourth-order valence-electron chi connectivity index (χ4n) is 2.60. The van der Waals surface area contributed by atoms with Crippen molar-refractivity contribution in [1.82, 2.24) is 4.57 Å². The second-order valence-corrected chi connectivity index (χ2v) is 5.99. The molecule has 2 aromatic rings. The van der Waals surface area contributed by atoms with E-state index >= 15 is 0 Å². The van der Waals surface area contributed by atoms with Gasteiger partial charge in [0.1, 0.15) is 11.1 Å². The minimum absolute atomic E-state index is 0.00254. The molecule has 0 bridgehead atoms. The van der Waals surface area contributed by atoms with Crippen LogP contribution in [-0.2, 0) is 14.2 Å². The van der Waals surface area contributed by atoms with E-state index in [-0.39, 0.29) is 30.5 Å². The molecule has 0 fully saturated rings. The Morgan fingerprint density at radius 1 is 0.897 bits per heavy atom. The zero-order valence-electron chi connectivity index (χ0n) is 16.2. The molecule has 1 aromatic heterocycles. The number of benzene rings is 1. The van der Waals surface area contributed by atoms with E-state index in [0.29, 0.717) is 0 Å². The van der Waals surface area contributed by atoms with E-state index in [0.717, 1.165) is 6.20 Å². The number of pyridine rings is 1. The number of aromatic nitrogens is 1. The Morgan fingerprint density at radius 3 is 2.03 bits per heavy atom. The molecule has 29 heavy (non-hydrogen) atoms. The third-order valence-corrected chi connectivity index (χ3v) is 4.08. The number of carbonyl (C=O) groups excluding carboxylic acids is 3. The van der Waals surface area contributed by atoms with Gasteiger partial charge in [-0.3, -0.25) is 4.79 Å². The highest BCUT2D eigenvalue weighted by Gasteiger charge is 2.31. The lowest BCUT2D eigenvalue weighted by molar-refractivity contribution is 0.0465. The number of rotatable bonds is 7. The summed E-state index contributed by atoms with van der Waals surface area (Å²) < 4.78 is 16.1. The van der Waals surface area contributed by atoms with Gasteiger partial charge in [0.2, 0.25) is 5.43 Å². The maximum atomic E-state index is 12.9. The van der Waals surface area contributed by atoms with E-state index in [4.69, 9.17) is 25.8 Å². The van der Waals surface area contributed by atoms with Gasteiger partial charge in [-0.05, 0) is 32.9 Å². The van der Waals surface area contributed by atoms with Crippen LogP contribution in [0, 0.1) is 0 Å². The zero-order chi connectivity index (χ0) is 21.6. The van der Waals surface area contributed by atoms with Crippen LogP contribution in [0.15, 0.2) is 35.3 Å². The lowest BCUT2D eigenvalue weighted by atomic mass is 10.1. The summed E-state index contributed by atoms with van der Waals surface area (Å²) in [5.41, 5.74) is -2.20. The van der Waals surface area contributed by atoms with Crippen LogP contribution in [-0.4, -0.2) is 42.3 Å². The van der Waals surface area contributed by atoms with E-state index in [1.165, 1.54) is 4.57 Å². The van der Waals surface area contributed by atoms with Gasteiger partial charge in [0, 0.05) is 6.20 Å². The minimum Gasteiger partial charge on any atom is -0.462 e. The van der Waals surface area contributed by atoms with Crippen molar-refractivity contribution in [2.24, 2.45) is 0 Å². The average molecular weight is 422 g/mol. The van der Waals surface area contributed by atoms with E-state index in [9.17, 15) is 19.2 Å². The number of halogens is 1. The summed E-state index contributed by atoms with van der Waals surface area (Å²) in [5, 5.41) is 0.214. The zero-order valence-corrected chi connectivity index (χ0v) is 16.9. The Morgan fingerprint density at radius 2 is 1.45 bits per heavy atom. The third kappa shape index (κ3) is 4.65. The van der Waals surface area contributed by atoms with Crippen LogP contribution in [0.5, 0.6) is 0 Å². The van der Waals surface area contributed by atoms with Crippen LogP contribution in [0.2, 0.25) is 5.02 Å². The number of carbonyl (C=O) groups is 3. The predicted octanol–water partition coefficient (Wildman–Crippen LogP) is 3.02. The number of hydrogen-bond acceptors (Lipinski definition) is 7. The molecule has 0 aliphatic rings. The van der Waals surface area contributed by atoms with Crippen molar-refractivity contribution < 1.29 is 28.6 Å². The molecule has 154 valence electrons. The molecular weight excluding hydrogens is 402 g/mol. The summed E-state index contributed by atoms with van der Waals surface area (Å²) in [5.74, 6) is -2.95. The van der Waals surface area contributed by atoms with Gasteiger partial charge in [-0.25, -0.2) is 14.4 Å². The SMILES string of the molecule is CCOC(=O)c1cn(-c2ccccc2Cl)c(C(=O)OCC)c(C(=O)OCC)c1=O. The van der Waals surface area contributed by atoms with E-state index in [1.807, 2.05) is 0 Å². The van der Waals surface area contributed by atoms with Crippen LogP contribution < -0.4 is 5.43 Å². The smallest absolute Gasteiger partial charge is 0.356 e. The largest absolute Gasteiger partial charge is 0.462 e. The maximum Gasteiger partial charge on any atom is 0.356 e. The van der Waals surface area contributed by atoms with Gasteiger partial charge >= 0.3 is 17.9 Å². The van der Waals surface area contributed by atoms with Crippen LogP contribution >= 0.6 is 11.6 Å². The van der Waals surface area contributed by atoms with Crippen molar-refractivity contribution >= 4 is 29.5 Å². The summed E-state index contributed by atoms with van der Waals surface area (Å²) >= 11 is 6.26. The number of esters is 3. The number of hydrogen-bond donors (Lipinski definition) is 0. The molecule has 0 amide bonds. The second kappa shape index (κ2) is 9.88. The van der Waals surface area contributed by atoms with Crippen molar-refractivity contribution in [2.45, 2.75) is 20.8 Å². The van der Waals surface area contributed by atoms with Crippen LogP contribution in [0.1, 0.15) is 52.0 Å². The van der Waals surface area contributed by atoms with Gasteiger partial charge in [0.05, 0.1) is 30.5 Å². The quantitative estimate of drug-likeness (QED) is 0.500. The molecule has 8 nitrogen and oxygen atoms in total. The standard InChI is InChI=1S/C20H20ClNO7/c1-4-27-18(24)12-11-22(14-10-8-7-9-13(14)21)16(20(26)29-6-3)15(17(12)23)19(25)28-5-2/h7-11H,4-6H2,1-3H3. The second-order valence-electron chi connectivity index (χ2n) is 5.58. The first kappa shape index (κ1) is 22.2. The van der Waals surface area contributed by atoms with Crippen molar-refractivity contribution in [3.05, 3.63) is 62.5 Å². The Kier molecular flexibility index (Phi) is 7.55. The summed E-state index contributed by atoms with van der Waals surface area (Å²) in [6.07, 6.45) is 1.11. The molecule has 0 saturated heterocycles. The Balaban J connectivity index is 2.97. The number of para-hydroxylation sites is 1. The monoisotopic (exact) mass is 421 g/mol. The minimum atomic E-state index is -1.06. The normalized spacial score (nSPS) is 10.3. The molecule has 1 heterocycles. The van der Waals surface area contributed by atoms with Crippen molar-refractivity contribution in [3.63, 3.8) is 0 Å². The Bertz CT molecular complexity index is 997. The van der Waals surface area contributed by atoms with Crippen LogP contribution in [0.3, 0.4) is 0 Å². The molecule has 0 aliphatic carbocycles. The summed E-state index contributed by atoms with van der Waals surface area (Å²) in [4.78, 5) is 50.5. The third-order valence-electron chi connectivity index (χ3n) is 3.76. The van der Waals surface area contributed by atoms with Crippen LogP contribution in [0.25, 0.3) is 5.69 Å². The molecule has 0 N–H and O–H groups in total. The summed E-state index contributed by atoms with van der Waals surface area (Å²) in [6, 6.07) is 6.41.